The summed E-state index contributed by atoms with van der Waals surface area (Å²) in [5.41, 5.74) is 1.50. The molecule has 106 valence electrons. The first-order valence-electron chi connectivity index (χ1n) is 6.43. The van der Waals surface area contributed by atoms with Crippen LogP contribution >= 0.6 is 0 Å². The molecule has 5 heteroatoms. The largest absolute Gasteiger partial charge is 0.481 e. The van der Waals surface area contributed by atoms with E-state index in [2.05, 4.69) is 0 Å². The Labute approximate surface area is 116 Å². The van der Waals surface area contributed by atoms with Gasteiger partial charge in [-0.3, -0.25) is 9.59 Å². The molecule has 4 nitrogen and oxygen atoms in total. The topological polar surface area (TPSA) is 57.6 Å². The van der Waals surface area contributed by atoms with Gasteiger partial charge in [0.2, 0.25) is 5.91 Å². The van der Waals surface area contributed by atoms with Gasteiger partial charge in [0.1, 0.15) is 5.82 Å². The number of halogens is 1. The molecule has 0 bridgehead atoms. The number of benzene rings is 1. The highest BCUT2D eigenvalue weighted by Crippen LogP contribution is 2.19. The molecule has 1 N–H and O–H groups in total. The summed E-state index contributed by atoms with van der Waals surface area (Å²) < 4.78 is 12.8. The Hall–Kier alpha value is -2.17. The van der Waals surface area contributed by atoms with Gasteiger partial charge in [-0.15, -0.1) is 0 Å². The summed E-state index contributed by atoms with van der Waals surface area (Å²) in [6, 6.07) is 5.90. The van der Waals surface area contributed by atoms with Gasteiger partial charge in [0, 0.05) is 19.2 Å². The number of carboxylic acid groups (broad SMARTS) is 1. The normalized spacial score (nSPS) is 19.2. The van der Waals surface area contributed by atoms with E-state index in [4.69, 9.17) is 5.11 Å². The Morgan fingerprint density at radius 3 is 2.55 bits per heavy atom. The lowest BCUT2D eigenvalue weighted by Crippen LogP contribution is -2.28. The molecule has 1 aliphatic heterocycles. The molecule has 1 fully saturated rings. The molecule has 1 amide bonds. The maximum atomic E-state index is 12.8. The molecule has 0 aromatic heterocycles. The number of allylic oxidation sites excluding steroid dienone is 1. The summed E-state index contributed by atoms with van der Waals surface area (Å²) in [4.78, 5) is 24.4. The molecule has 20 heavy (non-hydrogen) atoms. The highest BCUT2D eigenvalue weighted by Gasteiger charge is 2.29. The fraction of sp³-hybridized carbons (Fsp3) is 0.333. The molecular formula is C15H16FNO3. The number of carbonyl (C=O) groups is 2. The third-order valence-electron chi connectivity index (χ3n) is 3.49. The Balaban J connectivity index is 2.05. The molecule has 0 saturated carbocycles. The SMILES string of the molecule is CC(=CC(=O)N1CCC(C(=O)O)C1)c1ccc(F)cc1. The lowest BCUT2D eigenvalue weighted by molar-refractivity contribution is -0.141. The van der Waals surface area contributed by atoms with Crippen molar-refractivity contribution in [2.24, 2.45) is 5.92 Å². The van der Waals surface area contributed by atoms with Crippen molar-refractivity contribution < 1.29 is 19.1 Å². The second-order valence-electron chi connectivity index (χ2n) is 4.94. The number of rotatable bonds is 3. The highest BCUT2D eigenvalue weighted by atomic mass is 19.1. The quantitative estimate of drug-likeness (QED) is 0.861. The number of amides is 1. The maximum absolute atomic E-state index is 12.8. The highest BCUT2D eigenvalue weighted by molar-refractivity contribution is 5.95. The van der Waals surface area contributed by atoms with Crippen LogP contribution in [0.2, 0.25) is 0 Å². The predicted molar refractivity (Wildman–Crippen MR) is 72.4 cm³/mol. The van der Waals surface area contributed by atoms with Gasteiger partial charge in [-0.25, -0.2) is 4.39 Å². The molecular weight excluding hydrogens is 261 g/mol. The molecule has 1 saturated heterocycles. The van der Waals surface area contributed by atoms with Crippen molar-refractivity contribution in [2.45, 2.75) is 13.3 Å². The maximum Gasteiger partial charge on any atom is 0.308 e. The van der Waals surface area contributed by atoms with Crippen LogP contribution in [0.25, 0.3) is 5.57 Å². The Kier molecular flexibility index (Phi) is 4.17. The third kappa shape index (κ3) is 3.23. The number of carboxylic acids is 1. The average molecular weight is 277 g/mol. The van der Waals surface area contributed by atoms with E-state index in [1.54, 1.807) is 19.1 Å². The predicted octanol–water partition coefficient (Wildman–Crippen LogP) is 2.16. The van der Waals surface area contributed by atoms with E-state index in [9.17, 15) is 14.0 Å². The second kappa shape index (κ2) is 5.86. The van der Waals surface area contributed by atoms with Crippen LogP contribution in [0.15, 0.2) is 30.3 Å². The first-order chi connectivity index (χ1) is 9.47. The molecule has 1 aliphatic rings. The van der Waals surface area contributed by atoms with Crippen molar-refractivity contribution in [3.05, 3.63) is 41.7 Å². The third-order valence-corrected chi connectivity index (χ3v) is 3.49. The van der Waals surface area contributed by atoms with Gasteiger partial charge < -0.3 is 10.0 Å². The number of likely N-dealkylation sites (tertiary alicyclic amines) is 1. The average Bonchev–Trinajstić information content (AvgIpc) is 2.89. The van der Waals surface area contributed by atoms with Crippen molar-refractivity contribution in [1.82, 2.24) is 4.90 Å². The van der Waals surface area contributed by atoms with Crippen molar-refractivity contribution >= 4 is 17.4 Å². The smallest absolute Gasteiger partial charge is 0.308 e. The Bertz CT molecular complexity index is 551. The Morgan fingerprint density at radius 1 is 1.35 bits per heavy atom. The van der Waals surface area contributed by atoms with Crippen molar-refractivity contribution in [3.63, 3.8) is 0 Å². The van der Waals surface area contributed by atoms with Crippen molar-refractivity contribution in [1.29, 1.82) is 0 Å². The van der Waals surface area contributed by atoms with Gasteiger partial charge in [0.05, 0.1) is 5.92 Å². The van der Waals surface area contributed by atoms with E-state index in [0.29, 0.717) is 13.0 Å². The summed E-state index contributed by atoms with van der Waals surface area (Å²) in [6.45, 7) is 2.49. The zero-order valence-corrected chi connectivity index (χ0v) is 11.2. The molecule has 0 radical (unpaired) electrons. The van der Waals surface area contributed by atoms with Crippen molar-refractivity contribution in [2.75, 3.05) is 13.1 Å². The van der Waals surface area contributed by atoms with Gasteiger partial charge in [-0.05, 0) is 36.6 Å². The van der Waals surface area contributed by atoms with Crippen LogP contribution in [0.3, 0.4) is 0 Å². The summed E-state index contributed by atoms with van der Waals surface area (Å²) in [6.07, 6.45) is 1.96. The van der Waals surface area contributed by atoms with E-state index >= 15 is 0 Å². The standard InChI is InChI=1S/C15H16FNO3/c1-10(11-2-4-13(16)5-3-11)8-14(18)17-7-6-12(9-17)15(19)20/h2-5,8,12H,6-7,9H2,1H3,(H,19,20). The van der Waals surface area contributed by atoms with Crippen LogP contribution in [0.4, 0.5) is 4.39 Å². The lowest BCUT2D eigenvalue weighted by Gasteiger charge is -2.14. The molecule has 0 spiro atoms. The number of nitrogens with zero attached hydrogens (tertiary/aromatic N) is 1. The van der Waals surface area contributed by atoms with Gasteiger partial charge >= 0.3 is 5.97 Å². The first-order valence-corrected chi connectivity index (χ1v) is 6.43. The van der Waals surface area contributed by atoms with E-state index in [-0.39, 0.29) is 18.3 Å². The van der Waals surface area contributed by atoms with Crippen LogP contribution in [0, 0.1) is 11.7 Å². The molecule has 0 aliphatic carbocycles. The summed E-state index contributed by atoms with van der Waals surface area (Å²) >= 11 is 0. The zero-order chi connectivity index (χ0) is 14.7. The Morgan fingerprint density at radius 2 is 2.00 bits per heavy atom. The van der Waals surface area contributed by atoms with Gasteiger partial charge in [0.15, 0.2) is 0 Å². The van der Waals surface area contributed by atoms with Crippen LogP contribution in [0.1, 0.15) is 18.9 Å². The molecule has 1 heterocycles. The second-order valence-corrected chi connectivity index (χ2v) is 4.94. The fourth-order valence-corrected chi connectivity index (χ4v) is 2.23. The van der Waals surface area contributed by atoms with E-state index in [1.807, 2.05) is 0 Å². The number of carbonyl (C=O) groups excluding carboxylic acids is 1. The minimum Gasteiger partial charge on any atom is -0.481 e. The van der Waals surface area contributed by atoms with E-state index in [1.165, 1.54) is 23.1 Å². The lowest BCUT2D eigenvalue weighted by atomic mass is 10.1. The van der Waals surface area contributed by atoms with Crippen LogP contribution in [-0.4, -0.2) is 35.0 Å². The van der Waals surface area contributed by atoms with Gasteiger partial charge in [-0.2, -0.15) is 0 Å². The number of aliphatic carboxylic acids is 1. The summed E-state index contributed by atoms with van der Waals surface area (Å²) in [5, 5.41) is 8.91. The summed E-state index contributed by atoms with van der Waals surface area (Å²) in [5.74, 6) is -1.86. The number of hydrogen-bond donors (Lipinski definition) is 1. The zero-order valence-electron chi connectivity index (χ0n) is 11.2. The minimum atomic E-state index is -0.862. The van der Waals surface area contributed by atoms with E-state index in [0.717, 1.165) is 11.1 Å². The molecule has 1 unspecified atom stereocenters. The van der Waals surface area contributed by atoms with Crippen molar-refractivity contribution in [3.8, 4) is 0 Å². The summed E-state index contributed by atoms with van der Waals surface area (Å²) in [7, 11) is 0. The van der Waals surface area contributed by atoms with Crippen LogP contribution < -0.4 is 0 Å². The molecule has 1 atom stereocenters. The number of hydrogen-bond acceptors (Lipinski definition) is 2. The van der Waals surface area contributed by atoms with E-state index < -0.39 is 11.9 Å². The molecule has 1 aromatic carbocycles. The molecule has 2 rings (SSSR count). The fourth-order valence-electron chi connectivity index (χ4n) is 2.23. The van der Waals surface area contributed by atoms with Crippen LogP contribution in [0.5, 0.6) is 0 Å². The van der Waals surface area contributed by atoms with Gasteiger partial charge in [-0.1, -0.05) is 12.1 Å². The monoisotopic (exact) mass is 277 g/mol. The van der Waals surface area contributed by atoms with Gasteiger partial charge in [0.25, 0.3) is 0 Å². The first kappa shape index (κ1) is 14.2. The van der Waals surface area contributed by atoms with Crippen LogP contribution in [-0.2, 0) is 9.59 Å². The minimum absolute atomic E-state index is 0.199. The molecule has 1 aromatic rings.